The monoisotopic (exact) mass is 362 g/mol. The summed E-state index contributed by atoms with van der Waals surface area (Å²) in [7, 11) is 0. The van der Waals surface area contributed by atoms with Crippen LogP contribution in [-0.4, -0.2) is 0 Å². The first-order valence-electron chi connectivity index (χ1n) is 8.21. The smallest absolute Gasteiger partial charge is 0.235 e. The maximum Gasteiger partial charge on any atom is 0.235 e. The molecule has 0 bridgehead atoms. The first-order chi connectivity index (χ1) is 12.7. The Kier molecular flexibility index (Phi) is 4.46. The molecule has 0 atom stereocenters. The summed E-state index contributed by atoms with van der Waals surface area (Å²) in [5.41, 5.74) is 1.92. The van der Waals surface area contributed by atoms with Crippen LogP contribution < -0.4 is 10.2 Å². The van der Waals surface area contributed by atoms with E-state index < -0.39 is 0 Å². The van der Waals surface area contributed by atoms with Gasteiger partial charge in [-0.25, -0.2) is 0 Å². The van der Waals surface area contributed by atoms with E-state index in [4.69, 9.17) is 20.8 Å². The molecule has 3 aromatic carbocycles. The van der Waals surface area contributed by atoms with E-state index in [9.17, 15) is 4.79 Å². The lowest BCUT2D eigenvalue weighted by Gasteiger charge is -2.12. The molecule has 0 amide bonds. The van der Waals surface area contributed by atoms with Gasteiger partial charge in [-0.3, -0.25) is 4.79 Å². The molecule has 128 valence electrons. The molecule has 26 heavy (non-hydrogen) atoms. The Hall–Kier alpha value is -3.04. The zero-order chi connectivity index (χ0) is 17.9. The van der Waals surface area contributed by atoms with Crippen molar-refractivity contribution in [3.05, 3.63) is 99.7 Å². The lowest BCUT2D eigenvalue weighted by molar-refractivity contribution is 0.298. The first kappa shape index (κ1) is 16.4. The van der Waals surface area contributed by atoms with Crippen LogP contribution in [0.5, 0.6) is 5.75 Å². The van der Waals surface area contributed by atoms with Crippen LogP contribution in [0.2, 0.25) is 5.02 Å². The summed E-state index contributed by atoms with van der Waals surface area (Å²) in [5.74, 6) is 0.608. The lowest BCUT2D eigenvalue weighted by Crippen LogP contribution is -2.10. The molecule has 1 aromatic heterocycles. The molecule has 0 saturated carbocycles. The SMILES string of the molecule is O=c1c(OCc2ccccc2Cl)c(-c2ccccc2)oc2ccccc12. The van der Waals surface area contributed by atoms with E-state index in [2.05, 4.69) is 0 Å². The summed E-state index contributed by atoms with van der Waals surface area (Å²) in [6, 6.07) is 24.0. The molecule has 4 rings (SSSR count). The van der Waals surface area contributed by atoms with E-state index in [1.165, 1.54) is 0 Å². The predicted octanol–water partition coefficient (Wildman–Crippen LogP) is 5.69. The van der Waals surface area contributed by atoms with Gasteiger partial charge in [-0.05, 0) is 18.2 Å². The highest BCUT2D eigenvalue weighted by atomic mass is 35.5. The summed E-state index contributed by atoms with van der Waals surface area (Å²) >= 11 is 6.20. The third-order valence-electron chi connectivity index (χ3n) is 4.12. The number of ether oxygens (including phenoxy) is 1. The second-order valence-electron chi connectivity index (χ2n) is 5.83. The van der Waals surface area contributed by atoms with Crippen molar-refractivity contribution in [2.75, 3.05) is 0 Å². The van der Waals surface area contributed by atoms with Gasteiger partial charge in [0.1, 0.15) is 12.2 Å². The zero-order valence-corrected chi connectivity index (χ0v) is 14.6. The van der Waals surface area contributed by atoms with Gasteiger partial charge in [0.05, 0.1) is 5.39 Å². The van der Waals surface area contributed by atoms with Crippen LogP contribution in [-0.2, 0) is 6.61 Å². The van der Waals surface area contributed by atoms with Crippen LogP contribution in [0.4, 0.5) is 0 Å². The normalized spacial score (nSPS) is 10.8. The van der Waals surface area contributed by atoms with Crippen molar-refractivity contribution in [1.29, 1.82) is 0 Å². The fourth-order valence-electron chi connectivity index (χ4n) is 2.80. The number of benzene rings is 3. The molecular formula is C22H15ClO3. The molecule has 0 fully saturated rings. The van der Waals surface area contributed by atoms with E-state index in [-0.39, 0.29) is 17.8 Å². The van der Waals surface area contributed by atoms with Gasteiger partial charge in [-0.2, -0.15) is 0 Å². The summed E-state index contributed by atoms with van der Waals surface area (Å²) < 4.78 is 11.9. The Morgan fingerprint density at radius 2 is 1.54 bits per heavy atom. The van der Waals surface area contributed by atoms with Crippen molar-refractivity contribution in [3.8, 4) is 17.1 Å². The maximum atomic E-state index is 13.0. The van der Waals surface area contributed by atoms with E-state index in [0.29, 0.717) is 21.8 Å². The van der Waals surface area contributed by atoms with E-state index in [0.717, 1.165) is 11.1 Å². The van der Waals surface area contributed by atoms with Crippen molar-refractivity contribution in [1.82, 2.24) is 0 Å². The third kappa shape index (κ3) is 3.09. The van der Waals surface area contributed by atoms with Crippen LogP contribution in [0.1, 0.15) is 5.56 Å². The minimum Gasteiger partial charge on any atom is -0.481 e. The van der Waals surface area contributed by atoms with Gasteiger partial charge in [-0.15, -0.1) is 0 Å². The molecule has 0 aliphatic heterocycles. The fraction of sp³-hybridized carbons (Fsp3) is 0.0455. The minimum absolute atomic E-state index is 0.183. The summed E-state index contributed by atoms with van der Waals surface area (Å²) in [5, 5.41) is 1.08. The third-order valence-corrected chi connectivity index (χ3v) is 4.49. The van der Waals surface area contributed by atoms with Crippen molar-refractivity contribution in [3.63, 3.8) is 0 Å². The standard InChI is InChI=1S/C22H15ClO3/c23-18-12-6-4-10-16(18)14-25-22-20(24)17-11-5-7-13-19(17)26-21(22)15-8-2-1-3-9-15/h1-13H,14H2. The number of rotatable bonds is 4. The van der Waals surface area contributed by atoms with Crippen LogP contribution in [0.25, 0.3) is 22.3 Å². The highest BCUT2D eigenvalue weighted by molar-refractivity contribution is 6.31. The van der Waals surface area contributed by atoms with Crippen LogP contribution in [0.15, 0.2) is 88.1 Å². The van der Waals surface area contributed by atoms with Crippen molar-refractivity contribution in [2.24, 2.45) is 0 Å². The molecule has 3 nitrogen and oxygen atoms in total. The molecule has 0 N–H and O–H groups in total. The molecule has 4 aromatic rings. The Morgan fingerprint density at radius 1 is 0.846 bits per heavy atom. The van der Waals surface area contributed by atoms with E-state index in [1.807, 2.05) is 54.6 Å². The minimum atomic E-state index is -0.197. The summed E-state index contributed by atoms with van der Waals surface area (Å²) in [4.78, 5) is 13.0. The number of halogens is 1. The highest BCUT2D eigenvalue weighted by Crippen LogP contribution is 2.31. The molecule has 1 heterocycles. The zero-order valence-electron chi connectivity index (χ0n) is 13.8. The summed E-state index contributed by atoms with van der Waals surface area (Å²) in [6.07, 6.45) is 0. The Morgan fingerprint density at radius 3 is 2.35 bits per heavy atom. The second kappa shape index (κ2) is 7.06. The van der Waals surface area contributed by atoms with Gasteiger partial charge in [0.2, 0.25) is 11.2 Å². The lowest BCUT2D eigenvalue weighted by atomic mass is 10.1. The van der Waals surface area contributed by atoms with Gasteiger partial charge >= 0.3 is 0 Å². The molecule has 0 unspecified atom stereocenters. The quantitative estimate of drug-likeness (QED) is 0.468. The number of hydrogen-bond donors (Lipinski definition) is 0. The van der Waals surface area contributed by atoms with Gasteiger partial charge in [0.25, 0.3) is 0 Å². The van der Waals surface area contributed by atoms with Crippen molar-refractivity contribution < 1.29 is 9.15 Å². The molecule has 0 radical (unpaired) electrons. The average Bonchev–Trinajstić information content (AvgIpc) is 2.69. The van der Waals surface area contributed by atoms with Crippen molar-refractivity contribution in [2.45, 2.75) is 6.61 Å². The molecule has 4 heteroatoms. The first-order valence-corrected chi connectivity index (χ1v) is 8.59. The topological polar surface area (TPSA) is 39.4 Å². The second-order valence-corrected chi connectivity index (χ2v) is 6.24. The Bertz CT molecular complexity index is 1120. The highest BCUT2D eigenvalue weighted by Gasteiger charge is 2.17. The number of para-hydroxylation sites is 1. The number of fused-ring (bicyclic) bond motifs is 1. The fourth-order valence-corrected chi connectivity index (χ4v) is 2.99. The number of hydrogen-bond acceptors (Lipinski definition) is 3. The van der Waals surface area contributed by atoms with Gasteiger partial charge in [0, 0.05) is 16.1 Å². The predicted molar refractivity (Wildman–Crippen MR) is 104 cm³/mol. The Balaban J connectivity index is 1.85. The van der Waals surface area contributed by atoms with E-state index in [1.54, 1.807) is 24.3 Å². The van der Waals surface area contributed by atoms with Gasteiger partial charge < -0.3 is 9.15 Å². The largest absolute Gasteiger partial charge is 0.481 e. The molecule has 0 aliphatic rings. The molecule has 0 aliphatic carbocycles. The molecule has 0 spiro atoms. The van der Waals surface area contributed by atoms with Crippen LogP contribution in [0, 0.1) is 0 Å². The Labute approximate surface area is 155 Å². The average molecular weight is 363 g/mol. The molecule has 0 saturated heterocycles. The van der Waals surface area contributed by atoms with Crippen LogP contribution >= 0.6 is 11.6 Å². The van der Waals surface area contributed by atoms with Gasteiger partial charge in [0.15, 0.2) is 5.76 Å². The maximum absolute atomic E-state index is 13.0. The van der Waals surface area contributed by atoms with Gasteiger partial charge in [-0.1, -0.05) is 72.3 Å². The molecular weight excluding hydrogens is 348 g/mol. The summed E-state index contributed by atoms with van der Waals surface area (Å²) in [6.45, 7) is 0.183. The van der Waals surface area contributed by atoms with E-state index >= 15 is 0 Å². The van der Waals surface area contributed by atoms with Crippen LogP contribution in [0.3, 0.4) is 0 Å². The van der Waals surface area contributed by atoms with Crippen molar-refractivity contribution >= 4 is 22.6 Å².